The van der Waals surface area contributed by atoms with Crippen LogP contribution in [0.5, 0.6) is 0 Å². The van der Waals surface area contributed by atoms with Crippen LogP contribution in [0.15, 0.2) is 126 Å². The maximum atomic E-state index is 6.81. The summed E-state index contributed by atoms with van der Waals surface area (Å²) in [4.78, 5) is 0. The molecule has 0 saturated heterocycles. The van der Waals surface area contributed by atoms with Gasteiger partial charge in [-0.3, -0.25) is 0 Å². The molecule has 0 fully saturated rings. The van der Waals surface area contributed by atoms with E-state index in [0.29, 0.717) is 0 Å². The Bertz CT molecular complexity index is 3810. The van der Waals surface area contributed by atoms with Crippen molar-refractivity contribution in [1.82, 2.24) is 4.57 Å². The van der Waals surface area contributed by atoms with Crippen molar-refractivity contribution in [1.29, 1.82) is 0 Å². The molecule has 69 heavy (non-hydrogen) atoms. The van der Waals surface area contributed by atoms with Gasteiger partial charge >= 0.3 is 0 Å². The van der Waals surface area contributed by atoms with Crippen LogP contribution in [0, 0.1) is 0 Å². The van der Waals surface area contributed by atoms with Crippen LogP contribution in [0.3, 0.4) is 0 Å². The van der Waals surface area contributed by atoms with Gasteiger partial charge in [0.2, 0.25) is 0 Å². The van der Waals surface area contributed by atoms with Crippen LogP contribution >= 0.6 is 11.3 Å². The molecule has 1 radical (unpaired) electrons. The number of hydrogen-bond donors (Lipinski definition) is 1. The Kier molecular flexibility index (Phi) is 8.91. The molecule has 10 aromatic rings. The van der Waals surface area contributed by atoms with Gasteiger partial charge in [-0.2, -0.15) is 0 Å². The van der Waals surface area contributed by atoms with E-state index in [1.807, 2.05) is 11.3 Å². The van der Waals surface area contributed by atoms with E-state index in [-0.39, 0.29) is 27.1 Å². The van der Waals surface area contributed by atoms with Crippen LogP contribution in [0.4, 0.5) is 11.4 Å². The highest BCUT2D eigenvalue weighted by Gasteiger charge is 2.41. The second kappa shape index (κ2) is 14.3. The molecular weight excluding hydrogens is 856 g/mol. The summed E-state index contributed by atoms with van der Waals surface area (Å²) >= 11 is 1.97. The molecule has 343 valence electrons. The Hall–Kier alpha value is -6.04. The lowest BCUT2D eigenvalue weighted by Gasteiger charge is -2.42. The fourth-order valence-electron chi connectivity index (χ4n) is 12.7. The molecular formula is C64H62BN2OS. The molecule has 1 N–H and O–H groups in total. The molecule has 3 nitrogen and oxygen atoms in total. The molecule has 4 heterocycles. The maximum Gasteiger partial charge on any atom is 0.198 e. The van der Waals surface area contributed by atoms with Gasteiger partial charge < -0.3 is 14.3 Å². The van der Waals surface area contributed by atoms with E-state index in [4.69, 9.17) is 4.42 Å². The summed E-state index contributed by atoms with van der Waals surface area (Å²) in [5, 5.41) is 10.6. The molecule has 0 bridgehead atoms. The van der Waals surface area contributed by atoms with Gasteiger partial charge in [0.1, 0.15) is 11.3 Å². The second-order valence-corrected chi connectivity index (χ2v) is 25.6. The van der Waals surface area contributed by atoms with Gasteiger partial charge in [-0.15, -0.1) is 11.3 Å². The molecule has 13 rings (SSSR count). The Morgan fingerprint density at radius 1 is 0.623 bits per heavy atom. The first kappa shape index (κ1) is 43.0. The van der Waals surface area contributed by atoms with E-state index in [9.17, 15) is 0 Å². The zero-order valence-electron chi connectivity index (χ0n) is 42.2. The minimum atomic E-state index is 0.0142. The first-order chi connectivity index (χ1) is 32.8. The summed E-state index contributed by atoms with van der Waals surface area (Å²) in [7, 11) is 2.54. The van der Waals surface area contributed by atoms with Crippen LogP contribution in [-0.2, 0) is 27.1 Å². The molecule has 7 aromatic carbocycles. The number of nitrogens with zero attached hydrogens (tertiary/aromatic N) is 1. The lowest BCUT2D eigenvalue weighted by Crippen LogP contribution is -2.37. The molecule has 5 heteroatoms. The van der Waals surface area contributed by atoms with Crippen molar-refractivity contribution < 1.29 is 4.42 Å². The number of furan rings is 1. The van der Waals surface area contributed by atoms with E-state index in [2.05, 4.69) is 215 Å². The first-order valence-electron chi connectivity index (χ1n) is 25.3. The molecule has 0 unspecified atom stereocenters. The largest absolute Gasteiger partial charge is 0.456 e. The second-order valence-electron chi connectivity index (χ2n) is 24.6. The molecule has 0 spiro atoms. The summed E-state index contributed by atoms with van der Waals surface area (Å²) in [5.74, 6) is 0.893. The predicted octanol–water partition coefficient (Wildman–Crippen LogP) is 16.9. The SMILES string of the molecule is CC(C)(C)c1ccc(Nc2cc3c(cc2-c2c4c5c(c6cc7c(cc6n5-c5cc6oc(-c8ccccc8)cc6cc5[B]4)C(C)(C)CCC7(C)C)c4c2sc2ccccc24)C(C)(C)CCC3(C)C)cc1. The number of aromatic nitrogens is 1. The Labute approximate surface area is 412 Å². The number of benzene rings is 7. The zero-order chi connectivity index (χ0) is 47.7. The summed E-state index contributed by atoms with van der Waals surface area (Å²) < 4.78 is 12.1. The normalized spacial score (nSPS) is 17.6. The van der Waals surface area contributed by atoms with Crippen LogP contribution in [0.1, 0.15) is 130 Å². The van der Waals surface area contributed by atoms with Crippen LogP contribution in [-0.4, -0.2) is 11.8 Å². The smallest absolute Gasteiger partial charge is 0.198 e. The molecule has 3 aromatic heterocycles. The standard InChI is InChI=1S/C64H62BN2OS/c1-60(2,3)38-21-23-39(24-22-38)66-48-33-45-43(61(4,5)25-27-63(45,8)9)31-41(48)56-57-58-54(55-40-19-15-16-20-53(40)69-59(55)56)42-32-44-46(64(10,11)28-26-62(44,6)7)34-49(42)67(58)50-35-52-37(29-47(50)65-57)30-51(68-52)36-17-13-12-14-18-36/h12-24,29-35,66H,25-28H2,1-11H3. The third-order valence-corrected chi connectivity index (χ3v) is 18.3. The van der Waals surface area contributed by atoms with E-state index in [1.165, 1.54) is 104 Å². The average molecular weight is 918 g/mol. The van der Waals surface area contributed by atoms with Gasteiger partial charge in [0.05, 0.1) is 5.52 Å². The Balaban J connectivity index is 1.19. The van der Waals surface area contributed by atoms with Gasteiger partial charge in [0.25, 0.3) is 0 Å². The van der Waals surface area contributed by atoms with Crippen LogP contribution < -0.4 is 16.2 Å². The first-order valence-corrected chi connectivity index (χ1v) is 26.1. The van der Waals surface area contributed by atoms with Crippen molar-refractivity contribution in [3.63, 3.8) is 0 Å². The van der Waals surface area contributed by atoms with Gasteiger partial charge in [-0.05, 0) is 140 Å². The quantitative estimate of drug-likeness (QED) is 0.178. The average Bonchev–Trinajstić information content (AvgIpc) is 4.01. The highest BCUT2D eigenvalue weighted by Crippen LogP contribution is 2.55. The third-order valence-electron chi connectivity index (χ3n) is 17.1. The molecule has 0 saturated carbocycles. The van der Waals surface area contributed by atoms with E-state index < -0.39 is 0 Å². The number of hydrogen-bond acceptors (Lipinski definition) is 3. The monoisotopic (exact) mass is 917 g/mol. The fourth-order valence-corrected chi connectivity index (χ4v) is 13.9. The molecule has 0 atom stereocenters. The lowest BCUT2D eigenvalue weighted by molar-refractivity contribution is 0.332. The van der Waals surface area contributed by atoms with E-state index >= 15 is 0 Å². The molecule has 1 aliphatic heterocycles. The highest BCUT2D eigenvalue weighted by molar-refractivity contribution is 7.26. The number of anilines is 2. The van der Waals surface area contributed by atoms with Crippen molar-refractivity contribution in [2.75, 3.05) is 5.32 Å². The number of rotatable bonds is 4. The van der Waals surface area contributed by atoms with Crippen molar-refractivity contribution in [3.8, 4) is 28.1 Å². The van der Waals surface area contributed by atoms with E-state index in [0.717, 1.165) is 52.9 Å². The zero-order valence-corrected chi connectivity index (χ0v) is 43.0. The fraction of sp³-hybridized carbons (Fsp3) is 0.312. The van der Waals surface area contributed by atoms with Crippen molar-refractivity contribution >= 4 is 93.9 Å². The minimum Gasteiger partial charge on any atom is -0.456 e. The van der Waals surface area contributed by atoms with Gasteiger partial charge in [-0.1, -0.05) is 148 Å². The Morgan fingerprint density at radius 3 is 1.93 bits per heavy atom. The predicted molar refractivity (Wildman–Crippen MR) is 298 cm³/mol. The highest BCUT2D eigenvalue weighted by atomic mass is 32.1. The minimum absolute atomic E-state index is 0.0142. The Morgan fingerprint density at radius 2 is 1.25 bits per heavy atom. The van der Waals surface area contributed by atoms with Gasteiger partial charge in [0.15, 0.2) is 7.28 Å². The molecule has 2 aliphatic carbocycles. The maximum absolute atomic E-state index is 6.81. The molecule has 0 amide bonds. The van der Waals surface area contributed by atoms with Crippen molar-refractivity contribution in [2.45, 2.75) is 129 Å². The van der Waals surface area contributed by atoms with Crippen molar-refractivity contribution in [3.05, 3.63) is 149 Å². The third kappa shape index (κ3) is 6.37. The van der Waals surface area contributed by atoms with Crippen LogP contribution in [0.25, 0.3) is 81.1 Å². The summed E-state index contributed by atoms with van der Waals surface area (Å²) in [6.45, 7) is 26.6. The summed E-state index contributed by atoms with van der Waals surface area (Å²) in [5.41, 5.74) is 20.5. The summed E-state index contributed by atoms with van der Waals surface area (Å²) in [6.07, 6.45) is 4.63. The van der Waals surface area contributed by atoms with Crippen molar-refractivity contribution in [2.24, 2.45) is 0 Å². The number of fused-ring (bicyclic) bond motifs is 12. The summed E-state index contributed by atoms with van der Waals surface area (Å²) in [6, 6.07) is 46.2. The number of thiophene rings is 1. The van der Waals surface area contributed by atoms with E-state index in [1.54, 1.807) is 0 Å². The van der Waals surface area contributed by atoms with Gasteiger partial charge in [-0.25, -0.2) is 0 Å². The molecule has 3 aliphatic rings. The number of nitrogens with one attached hydrogen (secondary N) is 1. The van der Waals surface area contributed by atoms with Crippen LogP contribution in [0.2, 0.25) is 0 Å². The van der Waals surface area contributed by atoms with Gasteiger partial charge in [0, 0.05) is 76.1 Å². The topological polar surface area (TPSA) is 30.1 Å². The lowest BCUT2D eigenvalue weighted by atomic mass is 9.58.